The molecule has 7 atom stereocenters. The van der Waals surface area contributed by atoms with Crippen molar-refractivity contribution in [2.75, 3.05) is 6.54 Å². The van der Waals surface area contributed by atoms with Gasteiger partial charge in [-0.1, -0.05) is 81.8 Å². The molecule has 234 valence electrons. The highest BCUT2D eigenvalue weighted by atomic mass is 19.1. The number of hydrogen-bond acceptors (Lipinski definition) is 3. The van der Waals surface area contributed by atoms with Gasteiger partial charge in [0.05, 0.1) is 6.10 Å². The molecule has 3 fully saturated rings. The van der Waals surface area contributed by atoms with Crippen LogP contribution in [0, 0.1) is 29.1 Å². The van der Waals surface area contributed by atoms with Crippen LogP contribution >= 0.6 is 0 Å². The fourth-order valence-electron chi connectivity index (χ4n) is 9.80. The second-order valence-electron chi connectivity index (χ2n) is 14.7. The first-order valence-corrected chi connectivity index (χ1v) is 17.3. The number of fused-ring (bicyclic) bond motifs is 5. The highest BCUT2D eigenvalue weighted by molar-refractivity contribution is 5.76. The maximum absolute atomic E-state index is 16.1. The van der Waals surface area contributed by atoms with Crippen molar-refractivity contribution in [1.82, 2.24) is 4.90 Å². The summed E-state index contributed by atoms with van der Waals surface area (Å²) in [6.07, 6.45) is 12.7. The van der Waals surface area contributed by atoms with Gasteiger partial charge >= 0.3 is 0 Å². The normalized spacial score (nSPS) is 32.1. The van der Waals surface area contributed by atoms with Gasteiger partial charge < -0.3 is 15.1 Å². The molecular weight excluding hydrogens is 537 g/mol. The van der Waals surface area contributed by atoms with Crippen molar-refractivity contribution in [2.24, 2.45) is 29.1 Å². The van der Waals surface area contributed by atoms with Crippen molar-refractivity contribution in [2.45, 2.75) is 122 Å². The SMILES string of the molecule is CC12C[C@H](F)C3c4ccc(O)cc4C[C@@H](CCCCN(Cc4ccccc4)C(=O)CCC4CCCCC4)C3C1CC[C@@H]2O. The Kier molecular flexibility index (Phi) is 9.47. The quantitative estimate of drug-likeness (QED) is 0.274. The zero-order valence-electron chi connectivity index (χ0n) is 26.1. The number of aromatic hydroxyl groups is 1. The van der Waals surface area contributed by atoms with Gasteiger partial charge in [0, 0.05) is 25.4 Å². The van der Waals surface area contributed by atoms with Gasteiger partial charge in [0.1, 0.15) is 11.9 Å². The zero-order chi connectivity index (χ0) is 30.0. The number of phenols is 1. The summed E-state index contributed by atoms with van der Waals surface area (Å²) < 4.78 is 16.1. The molecule has 5 heteroatoms. The van der Waals surface area contributed by atoms with Gasteiger partial charge in [0.25, 0.3) is 0 Å². The molecule has 4 aliphatic rings. The molecule has 4 nitrogen and oxygen atoms in total. The van der Waals surface area contributed by atoms with E-state index in [1.807, 2.05) is 30.3 Å². The van der Waals surface area contributed by atoms with Gasteiger partial charge in [0.2, 0.25) is 5.91 Å². The van der Waals surface area contributed by atoms with E-state index in [9.17, 15) is 15.0 Å². The third-order valence-corrected chi connectivity index (χ3v) is 12.1. The minimum absolute atomic E-state index is 0.159. The van der Waals surface area contributed by atoms with Crippen molar-refractivity contribution >= 4 is 5.91 Å². The molecule has 0 bridgehead atoms. The first-order valence-electron chi connectivity index (χ1n) is 17.3. The largest absolute Gasteiger partial charge is 0.508 e. The van der Waals surface area contributed by atoms with Crippen LogP contribution in [-0.4, -0.2) is 39.8 Å². The Balaban J connectivity index is 1.13. The molecule has 2 aromatic carbocycles. The third-order valence-electron chi connectivity index (χ3n) is 12.1. The van der Waals surface area contributed by atoms with Crippen LogP contribution in [0.4, 0.5) is 4.39 Å². The Hall–Kier alpha value is -2.40. The highest BCUT2D eigenvalue weighted by Crippen LogP contribution is 2.63. The minimum atomic E-state index is -0.978. The number of hydrogen-bond donors (Lipinski definition) is 2. The lowest BCUT2D eigenvalue weighted by Gasteiger charge is -2.54. The van der Waals surface area contributed by atoms with E-state index in [0.717, 1.165) is 62.6 Å². The van der Waals surface area contributed by atoms with Gasteiger partial charge in [-0.05, 0) is 103 Å². The number of halogens is 1. The smallest absolute Gasteiger partial charge is 0.222 e. The number of unbranched alkanes of at least 4 members (excludes halogenated alkanes) is 1. The molecule has 0 heterocycles. The van der Waals surface area contributed by atoms with Gasteiger partial charge in [-0.15, -0.1) is 0 Å². The second-order valence-corrected chi connectivity index (χ2v) is 14.7. The molecule has 1 amide bonds. The maximum Gasteiger partial charge on any atom is 0.222 e. The average Bonchev–Trinajstić information content (AvgIpc) is 3.31. The molecular formula is C38H52FNO3. The number of nitrogens with zero attached hydrogens (tertiary/aromatic N) is 1. The van der Waals surface area contributed by atoms with E-state index in [0.29, 0.717) is 37.1 Å². The average molecular weight is 590 g/mol. The van der Waals surface area contributed by atoms with Crippen molar-refractivity contribution in [3.05, 3.63) is 65.2 Å². The van der Waals surface area contributed by atoms with Crippen LogP contribution in [0.25, 0.3) is 0 Å². The lowest BCUT2D eigenvalue weighted by atomic mass is 9.51. The summed E-state index contributed by atoms with van der Waals surface area (Å²) in [5, 5.41) is 21.2. The fourth-order valence-corrected chi connectivity index (χ4v) is 9.80. The van der Waals surface area contributed by atoms with Crippen molar-refractivity contribution in [3.8, 4) is 5.75 Å². The standard InChI is InChI=1S/C38H52FNO3/c1-38-24-33(39)37-31-17-16-30(41)23-29(31)22-28(36(37)32(38)18-19-34(38)42)14-8-9-21-40(25-27-12-6-3-7-13-27)35(43)20-15-26-10-4-2-5-11-26/h3,6-7,12-13,16-17,23,26,28,32-34,36-37,41-42H,2,4-5,8-11,14-15,18-22,24-25H2,1H3/t28-,32?,33+,34+,36?,37?,38?/m1/s1. The van der Waals surface area contributed by atoms with Crippen molar-refractivity contribution in [1.29, 1.82) is 0 Å². The van der Waals surface area contributed by atoms with Gasteiger partial charge in [0.15, 0.2) is 0 Å². The molecule has 0 aliphatic heterocycles. The lowest BCUT2D eigenvalue weighted by Crippen LogP contribution is -2.51. The van der Waals surface area contributed by atoms with Crippen LogP contribution in [0.5, 0.6) is 5.75 Å². The monoisotopic (exact) mass is 589 g/mol. The van der Waals surface area contributed by atoms with Crippen LogP contribution in [-0.2, 0) is 17.8 Å². The number of amides is 1. The van der Waals surface area contributed by atoms with Gasteiger partial charge in [-0.25, -0.2) is 4.39 Å². The van der Waals surface area contributed by atoms with E-state index < -0.39 is 12.3 Å². The molecule has 4 unspecified atom stereocenters. The first kappa shape index (κ1) is 30.6. The maximum atomic E-state index is 16.1. The predicted octanol–water partition coefficient (Wildman–Crippen LogP) is 8.34. The Labute approximate surface area is 258 Å². The number of aliphatic hydroxyl groups excluding tert-OH is 1. The number of phenolic OH excluding ortho intramolecular Hbond substituents is 1. The van der Waals surface area contributed by atoms with E-state index in [2.05, 4.69) is 24.0 Å². The third kappa shape index (κ3) is 6.53. The molecule has 0 aromatic heterocycles. The molecule has 4 aliphatic carbocycles. The van der Waals surface area contributed by atoms with E-state index >= 15 is 4.39 Å². The number of carbonyl (C=O) groups is 1. The fraction of sp³-hybridized carbons (Fsp3) is 0.658. The Bertz CT molecular complexity index is 1230. The summed E-state index contributed by atoms with van der Waals surface area (Å²) >= 11 is 0. The summed E-state index contributed by atoms with van der Waals surface area (Å²) in [5.41, 5.74) is 2.99. The second kappa shape index (κ2) is 13.3. The van der Waals surface area contributed by atoms with E-state index in [1.54, 1.807) is 6.07 Å². The van der Waals surface area contributed by atoms with E-state index in [-0.39, 0.29) is 28.9 Å². The van der Waals surface area contributed by atoms with Crippen LogP contribution in [0.3, 0.4) is 0 Å². The van der Waals surface area contributed by atoms with Crippen LogP contribution in [0.15, 0.2) is 48.5 Å². The van der Waals surface area contributed by atoms with E-state index in [4.69, 9.17) is 0 Å². The molecule has 0 saturated heterocycles. The molecule has 0 spiro atoms. The summed E-state index contributed by atoms with van der Waals surface area (Å²) in [5.74, 6) is 1.92. The highest BCUT2D eigenvalue weighted by Gasteiger charge is 2.59. The summed E-state index contributed by atoms with van der Waals surface area (Å²) in [6.45, 7) is 3.54. The summed E-state index contributed by atoms with van der Waals surface area (Å²) in [4.78, 5) is 15.6. The summed E-state index contributed by atoms with van der Waals surface area (Å²) in [7, 11) is 0. The predicted molar refractivity (Wildman–Crippen MR) is 169 cm³/mol. The number of alkyl halides is 1. The van der Waals surface area contributed by atoms with Crippen molar-refractivity contribution < 1.29 is 19.4 Å². The lowest BCUT2D eigenvalue weighted by molar-refractivity contribution is -0.132. The zero-order valence-corrected chi connectivity index (χ0v) is 26.1. The number of benzene rings is 2. The number of carbonyl (C=O) groups excluding carboxylic acids is 1. The molecule has 2 aromatic rings. The molecule has 0 radical (unpaired) electrons. The Morgan fingerprint density at radius 3 is 2.58 bits per heavy atom. The number of rotatable bonds is 10. The van der Waals surface area contributed by atoms with Crippen molar-refractivity contribution in [3.63, 3.8) is 0 Å². The Morgan fingerprint density at radius 1 is 1.00 bits per heavy atom. The molecule has 6 rings (SSSR count). The number of aliphatic hydroxyl groups is 1. The van der Waals surface area contributed by atoms with Gasteiger partial charge in [-0.2, -0.15) is 0 Å². The van der Waals surface area contributed by atoms with E-state index in [1.165, 1.54) is 37.7 Å². The molecule has 43 heavy (non-hydrogen) atoms. The topological polar surface area (TPSA) is 60.8 Å². The summed E-state index contributed by atoms with van der Waals surface area (Å²) in [6, 6.07) is 15.9. The Morgan fingerprint density at radius 2 is 1.79 bits per heavy atom. The molecule has 2 N–H and O–H groups in total. The first-order chi connectivity index (χ1) is 20.8. The minimum Gasteiger partial charge on any atom is -0.508 e. The van der Waals surface area contributed by atoms with Gasteiger partial charge in [-0.3, -0.25) is 4.79 Å². The molecule has 3 saturated carbocycles. The van der Waals surface area contributed by atoms with Crippen LogP contribution in [0.2, 0.25) is 0 Å². The van der Waals surface area contributed by atoms with Crippen LogP contribution in [0.1, 0.15) is 113 Å². The van der Waals surface area contributed by atoms with Crippen LogP contribution < -0.4 is 0 Å².